The first-order chi connectivity index (χ1) is 5.34. The highest BCUT2D eigenvalue weighted by molar-refractivity contribution is 5.71. The summed E-state index contributed by atoms with van der Waals surface area (Å²) < 4.78 is 5.52. The molecular weight excluding hydrogens is 148 g/mol. The van der Waals surface area contributed by atoms with Gasteiger partial charge in [0.15, 0.2) is 6.61 Å². The highest BCUT2D eigenvalue weighted by atomic mass is 16.6. The van der Waals surface area contributed by atoms with Gasteiger partial charge < -0.3 is 4.74 Å². The molecule has 0 amide bonds. The van der Waals surface area contributed by atoms with E-state index in [0.717, 1.165) is 4.57 Å². The summed E-state index contributed by atoms with van der Waals surface area (Å²) in [5.74, 6) is 0. The van der Waals surface area contributed by atoms with Gasteiger partial charge in [-0.25, -0.2) is 14.3 Å². The van der Waals surface area contributed by atoms with Crippen molar-refractivity contribution < 1.29 is 14.3 Å². The number of ether oxygens (including phenoxy) is 1. The van der Waals surface area contributed by atoms with Crippen LogP contribution < -0.4 is 0 Å². The van der Waals surface area contributed by atoms with Gasteiger partial charge in [0.2, 0.25) is 6.29 Å². The zero-order valence-corrected chi connectivity index (χ0v) is 5.56. The molecule has 0 bridgehead atoms. The Morgan fingerprint density at radius 1 is 1.73 bits per heavy atom. The molecule has 0 aliphatic heterocycles. The molecule has 0 N–H and O–H groups in total. The lowest BCUT2D eigenvalue weighted by Gasteiger charge is -1.97. The molecule has 1 heterocycles. The molecule has 1 rings (SSSR count). The second-order valence-electron chi connectivity index (χ2n) is 1.67. The van der Waals surface area contributed by atoms with Gasteiger partial charge in [-0.05, 0) is 0 Å². The van der Waals surface area contributed by atoms with Crippen LogP contribution in [0.2, 0.25) is 0 Å². The van der Waals surface area contributed by atoms with Crippen molar-refractivity contribution in [2.24, 2.45) is 0 Å². The molecule has 0 aliphatic rings. The molecular formula is C6H5N2O3. The van der Waals surface area contributed by atoms with Crippen molar-refractivity contribution in [3.8, 4) is 0 Å². The van der Waals surface area contributed by atoms with Crippen molar-refractivity contribution in [2.45, 2.75) is 0 Å². The lowest BCUT2D eigenvalue weighted by atomic mass is 10.8. The van der Waals surface area contributed by atoms with Crippen LogP contribution in [0.3, 0.4) is 0 Å². The van der Waals surface area contributed by atoms with E-state index in [2.05, 4.69) is 9.72 Å². The summed E-state index contributed by atoms with van der Waals surface area (Å²) in [5.41, 5.74) is 0. The van der Waals surface area contributed by atoms with Crippen LogP contribution >= 0.6 is 0 Å². The van der Waals surface area contributed by atoms with Crippen molar-refractivity contribution in [1.29, 1.82) is 0 Å². The number of imidazole rings is 1. The summed E-state index contributed by atoms with van der Waals surface area (Å²) in [7, 11) is 0. The van der Waals surface area contributed by atoms with Crippen molar-refractivity contribution >= 4 is 12.4 Å². The molecule has 0 aromatic carbocycles. The Balaban J connectivity index is 2.49. The van der Waals surface area contributed by atoms with Crippen LogP contribution in [0.1, 0.15) is 0 Å². The molecule has 11 heavy (non-hydrogen) atoms. The minimum atomic E-state index is -0.633. The molecule has 1 radical (unpaired) electrons. The number of carbonyl (C=O) groups is 1. The van der Waals surface area contributed by atoms with Crippen LogP contribution in [0, 0.1) is 0 Å². The zero-order chi connectivity index (χ0) is 8.10. The van der Waals surface area contributed by atoms with Crippen molar-refractivity contribution in [2.75, 3.05) is 6.61 Å². The Kier molecular flexibility index (Phi) is 2.37. The maximum Gasteiger partial charge on any atom is 0.419 e. The van der Waals surface area contributed by atoms with E-state index in [-0.39, 0.29) is 6.61 Å². The minimum Gasteiger partial charge on any atom is -0.440 e. The topological polar surface area (TPSA) is 61.2 Å². The highest BCUT2D eigenvalue weighted by Crippen LogP contribution is 1.87. The van der Waals surface area contributed by atoms with Crippen LogP contribution in [-0.2, 0) is 9.53 Å². The van der Waals surface area contributed by atoms with Crippen LogP contribution in [-0.4, -0.2) is 28.5 Å². The van der Waals surface area contributed by atoms with Gasteiger partial charge >= 0.3 is 6.09 Å². The Labute approximate surface area is 62.6 Å². The van der Waals surface area contributed by atoms with E-state index in [1.54, 1.807) is 0 Å². The summed E-state index contributed by atoms with van der Waals surface area (Å²) >= 11 is 0. The number of hydrogen-bond acceptors (Lipinski definition) is 4. The van der Waals surface area contributed by atoms with E-state index in [4.69, 9.17) is 0 Å². The maximum atomic E-state index is 10.8. The molecule has 0 spiro atoms. The van der Waals surface area contributed by atoms with E-state index in [0.29, 0.717) is 0 Å². The van der Waals surface area contributed by atoms with Gasteiger partial charge in [-0.3, -0.25) is 4.79 Å². The van der Waals surface area contributed by atoms with Crippen LogP contribution in [0.4, 0.5) is 4.79 Å². The van der Waals surface area contributed by atoms with Crippen LogP contribution in [0.15, 0.2) is 18.7 Å². The number of carbonyl (C=O) groups excluding carboxylic acids is 2. The average molecular weight is 153 g/mol. The van der Waals surface area contributed by atoms with Gasteiger partial charge in [-0.1, -0.05) is 0 Å². The fourth-order valence-electron chi connectivity index (χ4n) is 0.533. The molecule has 5 heteroatoms. The van der Waals surface area contributed by atoms with Gasteiger partial charge in [-0.2, -0.15) is 0 Å². The fraction of sp³-hybridized carbons (Fsp3) is 0.167. The Morgan fingerprint density at radius 3 is 3.09 bits per heavy atom. The highest BCUT2D eigenvalue weighted by Gasteiger charge is 2.02. The first-order valence-corrected chi connectivity index (χ1v) is 2.84. The van der Waals surface area contributed by atoms with Gasteiger partial charge in [0.25, 0.3) is 0 Å². The second kappa shape index (κ2) is 3.50. The van der Waals surface area contributed by atoms with Crippen molar-refractivity contribution in [3.05, 3.63) is 18.7 Å². The molecule has 0 unspecified atom stereocenters. The summed E-state index contributed by atoms with van der Waals surface area (Å²) in [6.45, 7) is -0.350. The standard InChI is InChI=1S/C6H5N2O3/c9-3-4-11-6(10)8-2-1-7-5-8/h1-2,5H,4H2. The maximum absolute atomic E-state index is 10.8. The third-order valence-electron chi connectivity index (χ3n) is 0.970. The number of hydrogen-bond donors (Lipinski definition) is 0. The van der Waals surface area contributed by atoms with Gasteiger partial charge in [0, 0.05) is 12.4 Å². The van der Waals surface area contributed by atoms with E-state index in [1.165, 1.54) is 25.0 Å². The third kappa shape index (κ3) is 1.89. The number of nitrogens with zero attached hydrogens (tertiary/aromatic N) is 2. The van der Waals surface area contributed by atoms with Gasteiger partial charge in [0.1, 0.15) is 6.33 Å². The zero-order valence-electron chi connectivity index (χ0n) is 5.56. The number of aromatic nitrogens is 2. The predicted molar refractivity (Wildman–Crippen MR) is 34.7 cm³/mol. The molecule has 57 valence electrons. The van der Waals surface area contributed by atoms with E-state index >= 15 is 0 Å². The quantitative estimate of drug-likeness (QED) is 0.598. The van der Waals surface area contributed by atoms with E-state index < -0.39 is 6.09 Å². The summed E-state index contributed by atoms with van der Waals surface area (Å²) in [5, 5.41) is 0. The summed E-state index contributed by atoms with van der Waals surface area (Å²) in [6.07, 6.45) is 4.95. The lowest BCUT2D eigenvalue weighted by molar-refractivity contribution is 0.162. The monoisotopic (exact) mass is 153 g/mol. The molecule has 0 saturated heterocycles. The smallest absolute Gasteiger partial charge is 0.419 e. The van der Waals surface area contributed by atoms with E-state index in [9.17, 15) is 9.59 Å². The number of rotatable bonds is 2. The van der Waals surface area contributed by atoms with Crippen LogP contribution in [0.5, 0.6) is 0 Å². The SMILES string of the molecule is O=[C]COC(=O)n1ccnc1. The summed E-state index contributed by atoms with van der Waals surface area (Å²) in [6, 6.07) is 0. The first-order valence-electron chi connectivity index (χ1n) is 2.84. The lowest BCUT2D eigenvalue weighted by Crippen LogP contribution is -2.12. The second-order valence-corrected chi connectivity index (χ2v) is 1.67. The van der Waals surface area contributed by atoms with Crippen molar-refractivity contribution in [3.63, 3.8) is 0 Å². The molecule has 0 aliphatic carbocycles. The first kappa shape index (κ1) is 7.46. The molecule has 0 saturated carbocycles. The predicted octanol–water partition coefficient (Wildman–Crippen LogP) is -0.0225. The molecule has 5 nitrogen and oxygen atoms in total. The molecule has 1 aromatic heterocycles. The largest absolute Gasteiger partial charge is 0.440 e. The van der Waals surface area contributed by atoms with E-state index in [1.807, 2.05) is 0 Å². The average Bonchev–Trinajstić information content (AvgIpc) is 2.52. The Bertz CT molecular complexity index is 242. The van der Waals surface area contributed by atoms with Crippen LogP contribution in [0.25, 0.3) is 0 Å². The third-order valence-corrected chi connectivity index (χ3v) is 0.970. The van der Waals surface area contributed by atoms with Crippen molar-refractivity contribution in [1.82, 2.24) is 9.55 Å². The van der Waals surface area contributed by atoms with Gasteiger partial charge in [0.05, 0.1) is 0 Å². The van der Waals surface area contributed by atoms with Gasteiger partial charge in [-0.15, -0.1) is 0 Å². The fourth-order valence-corrected chi connectivity index (χ4v) is 0.533. The molecule has 0 atom stereocenters. The molecule has 1 aromatic rings. The summed E-state index contributed by atoms with van der Waals surface area (Å²) in [4.78, 5) is 24.1. The Morgan fingerprint density at radius 2 is 2.55 bits per heavy atom. The minimum absolute atomic E-state index is 0.350. The molecule has 0 fully saturated rings. The normalized spacial score (nSPS) is 9.09. The Hall–Kier alpha value is -1.65.